The van der Waals surface area contributed by atoms with Gasteiger partial charge in [0.1, 0.15) is 0 Å². The predicted octanol–water partition coefficient (Wildman–Crippen LogP) is 3.83. The summed E-state index contributed by atoms with van der Waals surface area (Å²) < 4.78 is 0.977. The van der Waals surface area contributed by atoms with Crippen molar-refractivity contribution in [3.63, 3.8) is 0 Å². The number of aromatic nitrogens is 4. The average Bonchev–Trinajstić information content (AvgIpc) is 3.09. The van der Waals surface area contributed by atoms with Gasteiger partial charge in [-0.1, -0.05) is 52.3 Å². The quantitative estimate of drug-likeness (QED) is 0.683. The fourth-order valence-electron chi connectivity index (χ4n) is 2.38. The molecule has 1 aromatic heterocycles. The molecule has 128 valence electrons. The summed E-state index contributed by atoms with van der Waals surface area (Å²) in [6.45, 7) is 2.51. The summed E-state index contributed by atoms with van der Waals surface area (Å²) in [5.41, 5.74) is 2.77. The normalized spacial score (nSPS) is 10.6. The number of carbonyl (C=O) groups is 1. The second kappa shape index (κ2) is 8.02. The van der Waals surface area contributed by atoms with Gasteiger partial charge < -0.3 is 5.32 Å². The van der Waals surface area contributed by atoms with Gasteiger partial charge in [-0.3, -0.25) is 4.79 Å². The molecule has 0 fully saturated rings. The molecule has 2 aromatic carbocycles. The maximum atomic E-state index is 12.1. The SMILES string of the molecule is Cc1c(Br)cccc1NC(=O)CCCn1nnc(-c2ccccc2)n1. The van der Waals surface area contributed by atoms with Gasteiger partial charge >= 0.3 is 0 Å². The van der Waals surface area contributed by atoms with E-state index in [0.717, 1.165) is 21.3 Å². The lowest BCUT2D eigenvalue weighted by molar-refractivity contribution is -0.116. The lowest BCUT2D eigenvalue weighted by Crippen LogP contribution is -2.14. The maximum Gasteiger partial charge on any atom is 0.224 e. The van der Waals surface area contributed by atoms with Crippen molar-refractivity contribution in [1.29, 1.82) is 0 Å². The minimum Gasteiger partial charge on any atom is -0.326 e. The molecule has 0 atom stereocenters. The van der Waals surface area contributed by atoms with Gasteiger partial charge in [-0.05, 0) is 36.3 Å². The Morgan fingerprint density at radius 2 is 1.96 bits per heavy atom. The van der Waals surface area contributed by atoms with Crippen LogP contribution in [0.2, 0.25) is 0 Å². The maximum absolute atomic E-state index is 12.1. The fourth-order valence-corrected chi connectivity index (χ4v) is 2.74. The Bertz CT molecular complexity index is 863. The first-order chi connectivity index (χ1) is 12.1. The van der Waals surface area contributed by atoms with Crippen molar-refractivity contribution in [2.24, 2.45) is 0 Å². The largest absolute Gasteiger partial charge is 0.326 e. The zero-order valence-corrected chi connectivity index (χ0v) is 15.4. The van der Waals surface area contributed by atoms with Crippen molar-refractivity contribution in [3.8, 4) is 11.4 Å². The van der Waals surface area contributed by atoms with Crippen molar-refractivity contribution in [1.82, 2.24) is 20.2 Å². The smallest absolute Gasteiger partial charge is 0.224 e. The summed E-state index contributed by atoms with van der Waals surface area (Å²) in [7, 11) is 0. The molecule has 0 bridgehead atoms. The Labute approximate surface area is 154 Å². The molecular formula is C18H18BrN5O. The zero-order chi connectivity index (χ0) is 17.6. The second-order valence-corrected chi connectivity index (χ2v) is 6.49. The second-order valence-electron chi connectivity index (χ2n) is 5.64. The molecule has 0 unspecified atom stereocenters. The van der Waals surface area contributed by atoms with Crippen LogP contribution in [0.15, 0.2) is 53.0 Å². The van der Waals surface area contributed by atoms with E-state index in [1.54, 1.807) is 0 Å². The third kappa shape index (κ3) is 4.51. The predicted molar refractivity (Wildman–Crippen MR) is 100.0 cm³/mol. The Kier molecular flexibility index (Phi) is 5.55. The van der Waals surface area contributed by atoms with Gasteiger partial charge in [0.05, 0.1) is 6.54 Å². The molecule has 0 saturated heterocycles. The van der Waals surface area contributed by atoms with E-state index in [0.29, 0.717) is 25.2 Å². The summed E-state index contributed by atoms with van der Waals surface area (Å²) in [5, 5.41) is 15.4. The van der Waals surface area contributed by atoms with E-state index in [4.69, 9.17) is 0 Å². The van der Waals surface area contributed by atoms with Gasteiger partial charge in [0.25, 0.3) is 0 Å². The van der Waals surface area contributed by atoms with Gasteiger partial charge in [0.15, 0.2) is 0 Å². The Balaban J connectivity index is 1.50. The van der Waals surface area contributed by atoms with E-state index in [1.807, 2.05) is 55.5 Å². The minimum absolute atomic E-state index is 0.0235. The molecule has 0 radical (unpaired) electrons. The van der Waals surface area contributed by atoms with Crippen LogP contribution in [-0.4, -0.2) is 26.1 Å². The van der Waals surface area contributed by atoms with Crippen LogP contribution in [0.1, 0.15) is 18.4 Å². The van der Waals surface area contributed by atoms with E-state index in [1.165, 1.54) is 4.80 Å². The number of benzene rings is 2. The molecule has 25 heavy (non-hydrogen) atoms. The third-order valence-corrected chi connectivity index (χ3v) is 4.65. The molecule has 0 aliphatic heterocycles. The zero-order valence-electron chi connectivity index (χ0n) is 13.8. The Morgan fingerprint density at radius 3 is 2.76 bits per heavy atom. The molecule has 3 rings (SSSR count). The number of anilines is 1. The van der Waals surface area contributed by atoms with Crippen molar-refractivity contribution in [2.75, 3.05) is 5.32 Å². The Morgan fingerprint density at radius 1 is 1.16 bits per heavy atom. The van der Waals surface area contributed by atoms with Crippen LogP contribution in [0, 0.1) is 6.92 Å². The number of nitrogens with zero attached hydrogens (tertiary/aromatic N) is 4. The van der Waals surface area contributed by atoms with Crippen molar-refractivity contribution in [2.45, 2.75) is 26.3 Å². The summed E-state index contributed by atoms with van der Waals surface area (Å²) in [4.78, 5) is 13.6. The number of hydrogen-bond donors (Lipinski definition) is 1. The van der Waals surface area contributed by atoms with Crippen LogP contribution in [0.5, 0.6) is 0 Å². The van der Waals surface area contributed by atoms with Crippen molar-refractivity contribution < 1.29 is 4.79 Å². The number of carbonyl (C=O) groups excluding carboxylic acids is 1. The molecule has 0 spiro atoms. The van der Waals surface area contributed by atoms with E-state index in [-0.39, 0.29) is 5.91 Å². The van der Waals surface area contributed by atoms with Crippen LogP contribution in [0.4, 0.5) is 5.69 Å². The molecule has 1 N–H and O–H groups in total. The summed E-state index contributed by atoms with van der Waals surface area (Å²) in [6.07, 6.45) is 1.04. The lowest BCUT2D eigenvalue weighted by Gasteiger charge is -2.09. The molecule has 7 heteroatoms. The molecule has 1 heterocycles. The number of aryl methyl sites for hydroxylation is 1. The molecule has 1 amide bonds. The number of hydrogen-bond acceptors (Lipinski definition) is 4. The first-order valence-corrected chi connectivity index (χ1v) is 8.81. The van der Waals surface area contributed by atoms with E-state index < -0.39 is 0 Å². The topological polar surface area (TPSA) is 72.7 Å². The minimum atomic E-state index is -0.0235. The first-order valence-electron chi connectivity index (χ1n) is 8.01. The summed E-state index contributed by atoms with van der Waals surface area (Å²) >= 11 is 3.46. The number of rotatable bonds is 6. The van der Waals surface area contributed by atoms with Gasteiger partial charge in [0.2, 0.25) is 11.7 Å². The molecule has 0 aliphatic carbocycles. The van der Waals surface area contributed by atoms with E-state index in [9.17, 15) is 4.79 Å². The summed E-state index contributed by atoms with van der Waals surface area (Å²) in [6, 6.07) is 15.4. The van der Waals surface area contributed by atoms with Crippen LogP contribution in [0.25, 0.3) is 11.4 Å². The number of nitrogens with one attached hydrogen (secondary N) is 1. The Hall–Kier alpha value is -2.54. The molecule has 3 aromatic rings. The highest BCUT2D eigenvalue weighted by molar-refractivity contribution is 9.10. The van der Waals surface area contributed by atoms with Gasteiger partial charge in [0, 0.05) is 22.1 Å². The van der Waals surface area contributed by atoms with Crippen molar-refractivity contribution >= 4 is 27.5 Å². The van der Waals surface area contributed by atoms with E-state index in [2.05, 4.69) is 36.7 Å². The van der Waals surface area contributed by atoms with E-state index >= 15 is 0 Å². The van der Waals surface area contributed by atoms with Gasteiger partial charge in [-0.2, -0.15) is 4.80 Å². The van der Waals surface area contributed by atoms with Crippen molar-refractivity contribution in [3.05, 3.63) is 58.6 Å². The number of tetrazole rings is 1. The van der Waals surface area contributed by atoms with Gasteiger partial charge in [-0.15, -0.1) is 10.2 Å². The molecular weight excluding hydrogens is 382 g/mol. The fraction of sp³-hybridized carbons (Fsp3) is 0.222. The standard InChI is InChI=1S/C18H18BrN5O/c1-13-15(19)9-5-10-16(13)20-17(25)11-6-12-24-22-18(21-23-24)14-7-3-2-4-8-14/h2-5,7-10H,6,11-12H2,1H3,(H,20,25). The summed E-state index contributed by atoms with van der Waals surface area (Å²) in [5.74, 6) is 0.569. The van der Waals surface area contributed by atoms with Crippen LogP contribution in [-0.2, 0) is 11.3 Å². The van der Waals surface area contributed by atoms with Crippen LogP contribution >= 0.6 is 15.9 Å². The highest BCUT2D eigenvalue weighted by atomic mass is 79.9. The highest BCUT2D eigenvalue weighted by Gasteiger charge is 2.08. The molecule has 0 aliphatic rings. The lowest BCUT2D eigenvalue weighted by atomic mass is 10.2. The van der Waals surface area contributed by atoms with Crippen LogP contribution in [0.3, 0.4) is 0 Å². The average molecular weight is 400 g/mol. The van der Waals surface area contributed by atoms with Crippen LogP contribution < -0.4 is 5.32 Å². The number of halogens is 1. The van der Waals surface area contributed by atoms with Gasteiger partial charge in [-0.25, -0.2) is 0 Å². The molecule has 0 saturated carbocycles. The highest BCUT2D eigenvalue weighted by Crippen LogP contribution is 2.23. The monoisotopic (exact) mass is 399 g/mol. The number of amides is 1. The molecule has 6 nitrogen and oxygen atoms in total. The first kappa shape index (κ1) is 17.3. The third-order valence-electron chi connectivity index (χ3n) is 3.79.